The molecule has 1 aromatic rings. The van der Waals surface area contributed by atoms with E-state index in [1.807, 2.05) is 6.92 Å². The minimum absolute atomic E-state index is 0.171. The van der Waals surface area contributed by atoms with Crippen LogP contribution in [0.1, 0.15) is 49.5 Å². The number of aryl methyl sites for hydroxylation is 1. The van der Waals surface area contributed by atoms with Crippen molar-refractivity contribution in [3.8, 4) is 0 Å². The maximum Gasteiger partial charge on any atom is 0.186 e. The molecule has 3 nitrogen and oxygen atoms in total. The summed E-state index contributed by atoms with van der Waals surface area (Å²) in [6.45, 7) is 2.72. The third kappa shape index (κ3) is 2.86. The van der Waals surface area contributed by atoms with E-state index in [1.165, 1.54) is 18.4 Å². The monoisotopic (exact) mass is 296 g/mol. The van der Waals surface area contributed by atoms with Gasteiger partial charge in [-0.1, -0.05) is 11.6 Å². The van der Waals surface area contributed by atoms with Crippen LogP contribution in [0, 0.1) is 0 Å². The van der Waals surface area contributed by atoms with Crippen LogP contribution in [0.5, 0.6) is 0 Å². The fraction of sp³-hybridized carbons (Fsp3) is 0.538. The molecule has 0 fully saturated rings. The first kappa shape index (κ1) is 12.6. The average molecular weight is 297 g/mol. The Balaban J connectivity index is 2.13. The molecule has 0 radical (unpaired) electrons. The fourth-order valence-electron chi connectivity index (χ4n) is 2.23. The Morgan fingerprint density at radius 2 is 2.35 bits per heavy atom. The first-order valence-corrected chi connectivity index (χ1v) is 6.94. The minimum atomic E-state index is 0.171. The van der Waals surface area contributed by atoms with Gasteiger partial charge in [-0.25, -0.2) is 0 Å². The zero-order chi connectivity index (χ0) is 12.3. The normalized spacial score (nSPS) is 15.8. The fourth-order valence-corrected chi connectivity index (χ4v) is 2.75. The number of Topliss-reactive ketones (excluding diaryl/α,β-unsaturated/α-hetero) is 1. The predicted octanol–water partition coefficient (Wildman–Crippen LogP) is 3.74. The molecule has 1 heterocycles. The molecule has 0 aliphatic heterocycles. The summed E-state index contributed by atoms with van der Waals surface area (Å²) in [6.07, 6.45) is 9.14. The lowest BCUT2D eigenvalue weighted by Gasteiger charge is -2.12. The second kappa shape index (κ2) is 5.63. The zero-order valence-corrected chi connectivity index (χ0v) is 11.7. The highest BCUT2D eigenvalue weighted by molar-refractivity contribution is 9.10. The van der Waals surface area contributed by atoms with Gasteiger partial charge in [0.15, 0.2) is 5.78 Å². The van der Waals surface area contributed by atoms with E-state index in [9.17, 15) is 4.79 Å². The quantitative estimate of drug-likeness (QED) is 0.627. The molecule has 0 atom stereocenters. The maximum atomic E-state index is 12.2. The Kier molecular flexibility index (Phi) is 4.15. The molecule has 4 heteroatoms. The highest BCUT2D eigenvalue weighted by Gasteiger charge is 2.18. The summed E-state index contributed by atoms with van der Waals surface area (Å²) in [4.78, 5) is 12.2. The van der Waals surface area contributed by atoms with Gasteiger partial charge in [-0.2, -0.15) is 5.10 Å². The molecule has 1 aliphatic rings. The lowest BCUT2D eigenvalue weighted by molar-refractivity contribution is 0.0980. The van der Waals surface area contributed by atoms with Crippen LogP contribution in [0.25, 0.3) is 0 Å². The molecule has 1 aromatic heterocycles. The van der Waals surface area contributed by atoms with Gasteiger partial charge in [0.2, 0.25) is 0 Å². The number of halogens is 1. The van der Waals surface area contributed by atoms with Gasteiger partial charge < -0.3 is 0 Å². The highest BCUT2D eigenvalue weighted by Crippen LogP contribution is 2.24. The molecule has 17 heavy (non-hydrogen) atoms. The third-order valence-electron chi connectivity index (χ3n) is 3.13. The topological polar surface area (TPSA) is 34.9 Å². The van der Waals surface area contributed by atoms with Crippen molar-refractivity contribution in [1.82, 2.24) is 9.78 Å². The van der Waals surface area contributed by atoms with Crippen molar-refractivity contribution < 1.29 is 4.79 Å². The van der Waals surface area contributed by atoms with Crippen LogP contribution >= 0.6 is 15.9 Å². The molecular formula is C13H17BrN2O. The average Bonchev–Trinajstić information content (AvgIpc) is 2.71. The van der Waals surface area contributed by atoms with Crippen LogP contribution in [-0.4, -0.2) is 15.6 Å². The number of ketones is 1. The molecule has 0 bridgehead atoms. The van der Waals surface area contributed by atoms with E-state index in [-0.39, 0.29) is 5.78 Å². The van der Waals surface area contributed by atoms with E-state index in [0.29, 0.717) is 12.1 Å². The number of aromatic nitrogens is 2. The Morgan fingerprint density at radius 3 is 3.00 bits per heavy atom. The molecule has 2 rings (SSSR count). The molecular weight excluding hydrogens is 280 g/mol. The van der Waals surface area contributed by atoms with E-state index in [1.54, 1.807) is 10.9 Å². The van der Waals surface area contributed by atoms with E-state index in [2.05, 4.69) is 27.1 Å². The number of hydrogen-bond acceptors (Lipinski definition) is 2. The van der Waals surface area contributed by atoms with Crippen molar-refractivity contribution in [3.63, 3.8) is 0 Å². The predicted molar refractivity (Wildman–Crippen MR) is 71.1 cm³/mol. The second-order valence-electron chi connectivity index (χ2n) is 4.36. The Morgan fingerprint density at radius 1 is 1.53 bits per heavy atom. The number of carbonyl (C=O) groups excluding carboxylic acids is 1. The largest absolute Gasteiger partial charge is 0.292 e. The molecule has 0 spiro atoms. The van der Waals surface area contributed by atoms with Gasteiger partial charge in [0.05, 0.1) is 10.7 Å². The number of rotatable bonds is 4. The third-order valence-corrected chi connectivity index (χ3v) is 3.71. The van der Waals surface area contributed by atoms with Crippen molar-refractivity contribution in [2.24, 2.45) is 0 Å². The number of hydrogen-bond donors (Lipinski definition) is 0. The van der Waals surface area contributed by atoms with Crippen LogP contribution in [0.2, 0.25) is 0 Å². The van der Waals surface area contributed by atoms with Gasteiger partial charge >= 0.3 is 0 Å². The molecule has 0 N–H and O–H groups in total. The summed E-state index contributed by atoms with van der Waals surface area (Å²) in [5, 5.41) is 4.18. The molecule has 1 aliphatic carbocycles. The second-order valence-corrected chi connectivity index (χ2v) is 5.22. The van der Waals surface area contributed by atoms with Gasteiger partial charge in [0.1, 0.15) is 5.69 Å². The molecule has 0 saturated heterocycles. The van der Waals surface area contributed by atoms with Crippen LogP contribution in [0.4, 0.5) is 0 Å². The minimum Gasteiger partial charge on any atom is -0.292 e. The zero-order valence-electron chi connectivity index (χ0n) is 10.1. The van der Waals surface area contributed by atoms with Crippen LogP contribution in [-0.2, 0) is 6.54 Å². The number of allylic oxidation sites excluding steroid dienone is 2. The Bertz CT molecular complexity index is 448. The summed E-state index contributed by atoms with van der Waals surface area (Å²) < 4.78 is 2.57. The summed E-state index contributed by atoms with van der Waals surface area (Å²) >= 11 is 3.40. The van der Waals surface area contributed by atoms with Crippen LogP contribution < -0.4 is 0 Å². The van der Waals surface area contributed by atoms with Crippen molar-refractivity contribution in [2.75, 3.05) is 0 Å². The SMILES string of the molecule is CCn1ncc(Br)c1C(=O)CC1=CCCCC1. The van der Waals surface area contributed by atoms with Crippen molar-refractivity contribution >= 4 is 21.7 Å². The summed E-state index contributed by atoms with van der Waals surface area (Å²) in [5.41, 5.74) is 2.00. The van der Waals surface area contributed by atoms with E-state index < -0.39 is 0 Å². The first-order chi connectivity index (χ1) is 8.22. The summed E-state index contributed by atoms with van der Waals surface area (Å²) in [5.74, 6) is 0.171. The standard InChI is InChI=1S/C13H17BrN2O/c1-2-16-13(11(14)9-15-16)12(17)8-10-6-4-3-5-7-10/h6,9H,2-5,7-8H2,1H3. The van der Waals surface area contributed by atoms with Crippen LogP contribution in [0.3, 0.4) is 0 Å². The lowest BCUT2D eigenvalue weighted by Crippen LogP contribution is -2.11. The summed E-state index contributed by atoms with van der Waals surface area (Å²) in [6, 6.07) is 0. The van der Waals surface area contributed by atoms with Gasteiger partial charge in [0, 0.05) is 13.0 Å². The summed E-state index contributed by atoms with van der Waals surface area (Å²) in [7, 11) is 0. The molecule has 0 amide bonds. The molecule has 92 valence electrons. The lowest BCUT2D eigenvalue weighted by atomic mass is 9.95. The van der Waals surface area contributed by atoms with Crippen LogP contribution in [0.15, 0.2) is 22.3 Å². The first-order valence-electron chi connectivity index (χ1n) is 6.14. The number of nitrogens with zero attached hydrogens (tertiary/aromatic N) is 2. The van der Waals surface area contributed by atoms with Gasteiger partial charge in [0.25, 0.3) is 0 Å². The Hall–Kier alpha value is -0.900. The van der Waals surface area contributed by atoms with Gasteiger partial charge in [-0.15, -0.1) is 0 Å². The maximum absolute atomic E-state index is 12.2. The van der Waals surface area contributed by atoms with E-state index in [4.69, 9.17) is 0 Å². The van der Waals surface area contributed by atoms with E-state index >= 15 is 0 Å². The smallest absolute Gasteiger partial charge is 0.186 e. The Labute approximate surface area is 110 Å². The highest BCUT2D eigenvalue weighted by atomic mass is 79.9. The number of carbonyl (C=O) groups is 1. The van der Waals surface area contributed by atoms with Crippen molar-refractivity contribution in [3.05, 3.63) is 28.0 Å². The molecule has 0 aromatic carbocycles. The van der Waals surface area contributed by atoms with E-state index in [0.717, 1.165) is 23.9 Å². The van der Waals surface area contributed by atoms with Gasteiger partial charge in [-0.3, -0.25) is 9.48 Å². The molecule has 0 unspecified atom stereocenters. The van der Waals surface area contributed by atoms with Crippen molar-refractivity contribution in [2.45, 2.75) is 45.6 Å². The van der Waals surface area contributed by atoms with Crippen molar-refractivity contribution in [1.29, 1.82) is 0 Å². The van der Waals surface area contributed by atoms with Gasteiger partial charge in [-0.05, 0) is 48.5 Å². The molecule has 0 saturated carbocycles.